The third-order valence-corrected chi connectivity index (χ3v) is 5.43. The van der Waals surface area contributed by atoms with Gasteiger partial charge in [-0.25, -0.2) is 23.4 Å². The summed E-state index contributed by atoms with van der Waals surface area (Å²) in [6.45, 7) is 10.2. The van der Waals surface area contributed by atoms with Gasteiger partial charge in [0.05, 0.1) is 23.8 Å². The monoisotopic (exact) mass is 532 g/mol. The number of rotatable bonds is 6. The van der Waals surface area contributed by atoms with Crippen molar-refractivity contribution in [1.82, 2.24) is 29.3 Å². The van der Waals surface area contributed by atoms with Crippen LogP contribution in [0.1, 0.15) is 50.6 Å². The molecular formula is C25H27ClF2N6O3. The van der Waals surface area contributed by atoms with E-state index in [1.807, 2.05) is 13.8 Å². The van der Waals surface area contributed by atoms with Crippen LogP contribution in [0.5, 0.6) is 5.75 Å². The van der Waals surface area contributed by atoms with E-state index in [2.05, 4.69) is 20.1 Å². The Morgan fingerprint density at radius 3 is 2.51 bits per heavy atom. The highest BCUT2D eigenvalue weighted by atomic mass is 35.5. The molecule has 0 aliphatic carbocycles. The summed E-state index contributed by atoms with van der Waals surface area (Å²) in [5.74, 6) is -1.03. The van der Waals surface area contributed by atoms with Gasteiger partial charge in [-0.15, -0.1) is 0 Å². The van der Waals surface area contributed by atoms with E-state index in [4.69, 9.17) is 16.3 Å². The molecule has 0 saturated carbocycles. The van der Waals surface area contributed by atoms with Crippen LogP contribution in [0, 0.1) is 25.5 Å². The first-order valence-electron chi connectivity index (χ1n) is 11.4. The third-order valence-electron chi connectivity index (χ3n) is 5.08. The van der Waals surface area contributed by atoms with E-state index in [0.29, 0.717) is 29.0 Å². The number of aryl methyl sites for hydroxylation is 2. The van der Waals surface area contributed by atoms with Gasteiger partial charge in [0.25, 0.3) is 5.56 Å². The molecule has 4 rings (SSSR count). The molecule has 0 fully saturated rings. The van der Waals surface area contributed by atoms with Gasteiger partial charge in [-0.3, -0.25) is 14.3 Å². The Morgan fingerprint density at radius 2 is 1.86 bits per heavy atom. The first-order valence-corrected chi connectivity index (χ1v) is 11.8. The topological polar surface area (TPSA) is 108 Å². The summed E-state index contributed by atoms with van der Waals surface area (Å²) in [7, 11) is 0. The first kappa shape index (κ1) is 27.9. The summed E-state index contributed by atoms with van der Waals surface area (Å²) >= 11 is 6.29. The highest BCUT2D eigenvalue weighted by Crippen LogP contribution is 2.26. The fourth-order valence-electron chi connectivity index (χ4n) is 3.34. The molecule has 196 valence electrons. The molecule has 0 unspecified atom stereocenters. The number of aliphatic hydroxyl groups is 1. The standard InChI is InChI=1S/C23H21ClF2N6O3.C2H6/c1-12-7-18(35-11-16-15(26)8-14(25)9-28-16)20(24)21(33)32(12)17-10-31(30-13(17)2)19-5-6-27-22(29-19)23(3,4)34;1-2/h5-10,34H,11H2,1-4H3;1-2H3. The Labute approximate surface area is 217 Å². The van der Waals surface area contributed by atoms with Crippen LogP contribution >= 0.6 is 11.6 Å². The number of aromatic nitrogens is 6. The zero-order chi connectivity index (χ0) is 27.5. The summed E-state index contributed by atoms with van der Waals surface area (Å²) in [6, 6.07) is 3.84. The van der Waals surface area contributed by atoms with E-state index in [1.54, 1.807) is 40.0 Å². The minimum Gasteiger partial charge on any atom is -0.485 e. The second kappa shape index (κ2) is 11.1. The smallest absolute Gasteiger partial charge is 0.278 e. The molecule has 37 heavy (non-hydrogen) atoms. The SMILES string of the molecule is CC.Cc1nn(-c2ccnc(C(C)(C)O)n2)cc1-n1c(C)cc(OCc2ncc(F)cc2F)c(Cl)c1=O. The van der Waals surface area contributed by atoms with Gasteiger partial charge in [0, 0.05) is 30.1 Å². The number of ether oxygens (including phenoxy) is 1. The Morgan fingerprint density at radius 1 is 1.16 bits per heavy atom. The summed E-state index contributed by atoms with van der Waals surface area (Å²) in [5, 5.41) is 14.4. The largest absolute Gasteiger partial charge is 0.485 e. The van der Waals surface area contributed by atoms with E-state index in [0.717, 1.165) is 6.20 Å². The Hall–Kier alpha value is -3.70. The molecule has 0 aliphatic rings. The number of nitrogens with zero attached hydrogens (tertiary/aromatic N) is 6. The van der Waals surface area contributed by atoms with E-state index < -0.39 is 22.8 Å². The Kier molecular flexibility index (Phi) is 8.39. The van der Waals surface area contributed by atoms with Gasteiger partial charge in [0.2, 0.25) is 0 Å². The normalized spacial score (nSPS) is 11.2. The minimum atomic E-state index is -1.25. The van der Waals surface area contributed by atoms with E-state index >= 15 is 0 Å². The molecule has 0 aliphatic heterocycles. The average molecular weight is 533 g/mol. The van der Waals surface area contributed by atoms with Crippen molar-refractivity contribution in [3.8, 4) is 17.3 Å². The van der Waals surface area contributed by atoms with Crippen LogP contribution in [0.2, 0.25) is 5.02 Å². The van der Waals surface area contributed by atoms with Crippen molar-refractivity contribution < 1.29 is 18.6 Å². The van der Waals surface area contributed by atoms with Crippen LogP contribution in [0.25, 0.3) is 11.5 Å². The van der Waals surface area contributed by atoms with Crippen LogP contribution in [-0.4, -0.2) is 34.4 Å². The molecule has 4 aromatic heterocycles. The molecule has 4 aromatic rings. The maximum atomic E-state index is 13.9. The van der Waals surface area contributed by atoms with Gasteiger partial charge in [0.15, 0.2) is 17.5 Å². The van der Waals surface area contributed by atoms with Crippen LogP contribution in [0.4, 0.5) is 8.78 Å². The summed E-state index contributed by atoms with van der Waals surface area (Å²) in [6.07, 6.45) is 3.98. The van der Waals surface area contributed by atoms with Crippen LogP contribution < -0.4 is 10.3 Å². The Balaban J connectivity index is 0.00000186. The highest BCUT2D eigenvalue weighted by Gasteiger charge is 2.22. The predicted octanol–water partition coefficient (Wildman–Crippen LogP) is 4.59. The van der Waals surface area contributed by atoms with Crippen LogP contribution in [0.3, 0.4) is 0 Å². The van der Waals surface area contributed by atoms with Gasteiger partial charge in [0.1, 0.15) is 34.5 Å². The average Bonchev–Trinajstić information content (AvgIpc) is 3.23. The van der Waals surface area contributed by atoms with Crippen molar-refractivity contribution in [3.05, 3.63) is 86.7 Å². The van der Waals surface area contributed by atoms with E-state index in [9.17, 15) is 18.7 Å². The highest BCUT2D eigenvalue weighted by molar-refractivity contribution is 6.31. The van der Waals surface area contributed by atoms with Crippen molar-refractivity contribution in [1.29, 1.82) is 0 Å². The van der Waals surface area contributed by atoms with Crippen molar-refractivity contribution >= 4 is 11.6 Å². The molecule has 0 atom stereocenters. The molecule has 9 nitrogen and oxygen atoms in total. The van der Waals surface area contributed by atoms with Crippen molar-refractivity contribution in [2.24, 2.45) is 0 Å². The molecule has 0 radical (unpaired) electrons. The number of pyridine rings is 2. The predicted molar refractivity (Wildman–Crippen MR) is 134 cm³/mol. The van der Waals surface area contributed by atoms with E-state index in [1.165, 1.54) is 21.5 Å². The lowest BCUT2D eigenvalue weighted by Gasteiger charge is -2.15. The van der Waals surface area contributed by atoms with Crippen LogP contribution in [0.15, 0.2) is 41.6 Å². The van der Waals surface area contributed by atoms with Gasteiger partial charge < -0.3 is 9.84 Å². The second-order valence-corrected chi connectivity index (χ2v) is 8.69. The van der Waals surface area contributed by atoms with Gasteiger partial charge in [-0.05, 0) is 27.7 Å². The minimum absolute atomic E-state index is 0.0339. The lowest BCUT2D eigenvalue weighted by atomic mass is 10.1. The molecular weight excluding hydrogens is 506 g/mol. The fourth-order valence-corrected chi connectivity index (χ4v) is 3.53. The lowest BCUT2D eigenvalue weighted by Crippen LogP contribution is -2.22. The molecule has 1 N–H and O–H groups in total. The van der Waals surface area contributed by atoms with E-state index in [-0.39, 0.29) is 28.9 Å². The molecule has 12 heteroatoms. The van der Waals surface area contributed by atoms with Gasteiger partial charge >= 0.3 is 0 Å². The fraction of sp³-hybridized carbons (Fsp3) is 0.320. The molecule has 0 spiro atoms. The molecule has 4 heterocycles. The number of hydrogen-bond acceptors (Lipinski definition) is 7. The Bertz CT molecular complexity index is 1480. The third kappa shape index (κ3) is 6.00. The first-order chi connectivity index (χ1) is 17.5. The molecule has 0 saturated heterocycles. The zero-order valence-electron chi connectivity index (χ0n) is 21.3. The van der Waals surface area contributed by atoms with Gasteiger partial charge in [-0.1, -0.05) is 25.4 Å². The van der Waals surface area contributed by atoms with Crippen molar-refractivity contribution in [2.75, 3.05) is 0 Å². The summed E-state index contributed by atoms with van der Waals surface area (Å²) < 4.78 is 35.3. The maximum absolute atomic E-state index is 13.9. The second-order valence-electron chi connectivity index (χ2n) is 8.32. The number of hydrogen-bond donors (Lipinski definition) is 1. The lowest BCUT2D eigenvalue weighted by molar-refractivity contribution is 0.0686. The van der Waals surface area contributed by atoms with Gasteiger partial charge in [-0.2, -0.15) is 5.10 Å². The summed E-state index contributed by atoms with van der Waals surface area (Å²) in [5.41, 5.74) is -0.501. The quantitative estimate of drug-likeness (QED) is 0.387. The zero-order valence-corrected chi connectivity index (χ0v) is 22.0. The van der Waals surface area contributed by atoms with Crippen molar-refractivity contribution in [3.63, 3.8) is 0 Å². The molecule has 0 bridgehead atoms. The van der Waals surface area contributed by atoms with Crippen LogP contribution in [-0.2, 0) is 12.2 Å². The van der Waals surface area contributed by atoms with Crippen molar-refractivity contribution in [2.45, 2.75) is 53.8 Å². The molecule has 0 aromatic carbocycles. The molecule has 0 amide bonds. The maximum Gasteiger partial charge on any atom is 0.278 e. The number of halogens is 3. The summed E-state index contributed by atoms with van der Waals surface area (Å²) in [4.78, 5) is 25.2.